The third kappa shape index (κ3) is 3.66. The summed E-state index contributed by atoms with van der Waals surface area (Å²) in [5.74, 6) is 1.66. The molecule has 0 atom stereocenters. The van der Waals surface area contributed by atoms with Crippen molar-refractivity contribution in [2.45, 2.75) is 0 Å². The number of methoxy groups -OCH3 is 1. The molecule has 0 aliphatic heterocycles. The number of aromatic nitrogens is 1. The van der Waals surface area contributed by atoms with Crippen LogP contribution < -0.4 is 15.0 Å². The van der Waals surface area contributed by atoms with Crippen molar-refractivity contribution >= 4 is 17.2 Å². The van der Waals surface area contributed by atoms with Gasteiger partial charge in [-0.15, -0.1) is 0 Å². The van der Waals surface area contributed by atoms with E-state index in [9.17, 15) is 0 Å². The molecule has 1 heterocycles. The molecule has 2 aromatic carbocycles. The van der Waals surface area contributed by atoms with Crippen LogP contribution >= 0.6 is 0 Å². The number of hydrogen-bond acceptors (Lipinski definition) is 4. The van der Waals surface area contributed by atoms with Crippen molar-refractivity contribution in [3.05, 3.63) is 66.9 Å². The molecule has 122 valence electrons. The Bertz CT molecular complexity index is 813. The van der Waals surface area contributed by atoms with Gasteiger partial charge < -0.3 is 15.0 Å². The van der Waals surface area contributed by atoms with Crippen molar-refractivity contribution in [3.8, 4) is 16.9 Å². The Morgan fingerprint density at radius 1 is 0.917 bits per heavy atom. The first kappa shape index (κ1) is 15.9. The van der Waals surface area contributed by atoms with Gasteiger partial charge in [-0.25, -0.2) is 4.98 Å². The lowest BCUT2D eigenvalue weighted by Gasteiger charge is -2.14. The van der Waals surface area contributed by atoms with Crippen LogP contribution in [0.25, 0.3) is 11.1 Å². The van der Waals surface area contributed by atoms with Gasteiger partial charge in [0.15, 0.2) is 0 Å². The lowest BCUT2D eigenvalue weighted by Crippen LogP contribution is -2.08. The normalized spacial score (nSPS) is 10.3. The molecule has 0 aliphatic carbocycles. The first-order valence-corrected chi connectivity index (χ1v) is 7.80. The number of nitrogens with one attached hydrogen (secondary N) is 1. The summed E-state index contributed by atoms with van der Waals surface area (Å²) >= 11 is 0. The molecular formula is C20H21N3O. The minimum atomic E-state index is 0.817. The largest absolute Gasteiger partial charge is 0.497 e. The van der Waals surface area contributed by atoms with Crippen LogP contribution in [-0.4, -0.2) is 26.2 Å². The van der Waals surface area contributed by atoms with Crippen LogP contribution in [-0.2, 0) is 0 Å². The van der Waals surface area contributed by atoms with E-state index in [1.165, 1.54) is 0 Å². The summed E-state index contributed by atoms with van der Waals surface area (Å²) in [5.41, 5.74) is 4.31. The van der Waals surface area contributed by atoms with Crippen molar-refractivity contribution in [3.63, 3.8) is 0 Å². The number of nitrogens with zero attached hydrogens (tertiary/aromatic N) is 2. The Kier molecular flexibility index (Phi) is 4.66. The average Bonchev–Trinajstić information content (AvgIpc) is 2.62. The summed E-state index contributed by atoms with van der Waals surface area (Å²) in [6.07, 6.45) is 1.87. The molecule has 0 aliphatic rings. The topological polar surface area (TPSA) is 37.4 Å². The third-order valence-electron chi connectivity index (χ3n) is 3.80. The standard InChI is InChI=1S/C20H21N3O/c1-23(2)18-8-5-7-17(13-18)22-20-11-10-16(14-21-20)15-6-4-9-19(12-15)24-3/h4-14H,1-3H3,(H,21,22). The van der Waals surface area contributed by atoms with Crippen LogP contribution in [0.4, 0.5) is 17.2 Å². The highest BCUT2D eigenvalue weighted by atomic mass is 16.5. The maximum atomic E-state index is 5.27. The Morgan fingerprint density at radius 2 is 1.75 bits per heavy atom. The number of anilines is 3. The van der Waals surface area contributed by atoms with E-state index in [4.69, 9.17) is 4.74 Å². The number of benzene rings is 2. The van der Waals surface area contributed by atoms with E-state index in [1.807, 2.05) is 62.8 Å². The molecule has 0 radical (unpaired) electrons. The quantitative estimate of drug-likeness (QED) is 0.747. The second-order valence-electron chi connectivity index (χ2n) is 5.73. The summed E-state index contributed by atoms with van der Waals surface area (Å²) in [7, 11) is 5.73. The van der Waals surface area contributed by atoms with Crippen molar-refractivity contribution in [2.24, 2.45) is 0 Å². The molecule has 0 bridgehead atoms. The highest BCUT2D eigenvalue weighted by Crippen LogP contribution is 2.25. The van der Waals surface area contributed by atoms with E-state index in [1.54, 1.807) is 7.11 Å². The zero-order valence-electron chi connectivity index (χ0n) is 14.2. The summed E-state index contributed by atoms with van der Waals surface area (Å²) in [4.78, 5) is 6.59. The molecule has 0 saturated carbocycles. The monoisotopic (exact) mass is 319 g/mol. The van der Waals surface area contributed by atoms with Crippen molar-refractivity contribution < 1.29 is 4.74 Å². The second kappa shape index (κ2) is 7.04. The minimum Gasteiger partial charge on any atom is -0.497 e. The van der Waals surface area contributed by atoms with E-state index in [-0.39, 0.29) is 0 Å². The molecule has 3 rings (SSSR count). The van der Waals surface area contributed by atoms with Gasteiger partial charge in [0.05, 0.1) is 7.11 Å². The summed E-state index contributed by atoms with van der Waals surface area (Å²) in [6, 6.07) is 20.2. The third-order valence-corrected chi connectivity index (χ3v) is 3.80. The SMILES string of the molecule is COc1cccc(-c2ccc(Nc3cccc(N(C)C)c3)nc2)c1. The van der Waals surface area contributed by atoms with Crippen LogP contribution in [0, 0.1) is 0 Å². The fourth-order valence-corrected chi connectivity index (χ4v) is 2.45. The average molecular weight is 319 g/mol. The zero-order chi connectivity index (χ0) is 16.9. The molecule has 0 unspecified atom stereocenters. The predicted octanol–water partition coefficient (Wildman–Crippen LogP) is 4.57. The number of hydrogen-bond donors (Lipinski definition) is 1. The Balaban J connectivity index is 1.78. The fourth-order valence-electron chi connectivity index (χ4n) is 2.45. The minimum absolute atomic E-state index is 0.817. The predicted molar refractivity (Wildman–Crippen MR) is 100 cm³/mol. The maximum Gasteiger partial charge on any atom is 0.130 e. The van der Waals surface area contributed by atoms with E-state index in [0.717, 1.165) is 34.1 Å². The van der Waals surface area contributed by atoms with Gasteiger partial charge in [-0.2, -0.15) is 0 Å². The molecule has 0 spiro atoms. The lowest BCUT2D eigenvalue weighted by atomic mass is 10.1. The number of ether oxygens (including phenoxy) is 1. The molecule has 4 heteroatoms. The van der Waals surface area contributed by atoms with Crippen LogP contribution in [0.5, 0.6) is 5.75 Å². The van der Waals surface area contributed by atoms with Crippen LogP contribution in [0.15, 0.2) is 66.9 Å². The Morgan fingerprint density at radius 3 is 2.46 bits per heavy atom. The van der Waals surface area contributed by atoms with Gasteiger partial charge in [0.25, 0.3) is 0 Å². The molecule has 0 amide bonds. The molecule has 4 nitrogen and oxygen atoms in total. The van der Waals surface area contributed by atoms with Crippen molar-refractivity contribution in [1.29, 1.82) is 0 Å². The van der Waals surface area contributed by atoms with E-state index in [2.05, 4.69) is 33.4 Å². The maximum absolute atomic E-state index is 5.27. The zero-order valence-corrected chi connectivity index (χ0v) is 14.2. The number of pyridine rings is 1. The van der Waals surface area contributed by atoms with E-state index >= 15 is 0 Å². The van der Waals surface area contributed by atoms with Crippen molar-refractivity contribution in [1.82, 2.24) is 4.98 Å². The van der Waals surface area contributed by atoms with Crippen LogP contribution in [0.3, 0.4) is 0 Å². The van der Waals surface area contributed by atoms with E-state index in [0.29, 0.717) is 0 Å². The van der Waals surface area contributed by atoms with Gasteiger partial charge in [-0.05, 0) is 48.0 Å². The van der Waals surface area contributed by atoms with Gasteiger partial charge in [0.1, 0.15) is 11.6 Å². The molecular weight excluding hydrogens is 298 g/mol. The summed E-state index contributed by atoms with van der Waals surface area (Å²) in [5, 5.41) is 3.34. The Hall–Kier alpha value is -3.01. The van der Waals surface area contributed by atoms with Gasteiger partial charge >= 0.3 is 0 Å². The summed E-state index contributed by atoms with van der Waals surface area (Å²) in [6.45, 7) is 0. The first-order valence-electron chi connectivity index (χ1n) is 7.80. The molecule has 3 aromatic rings. The van der Waals surface area contributed by atoms with Gasteiger partial charge in [0, 0.05) is 37.2 Å². The molecule has 24 heavy (non-hydrogen) atoms. The molecule has 0 fully saturated rings. The first-order chi connectivity index (χ1) is 11.7. The smallest absolute Gasteiger partial charge is 0.130 e. The van der Waals surface area contributed by atoms with Crippen molar-refractivity contribution in [2.75, 3.05) is 31.4 Å². The number of rotatable bonds is 5. The molecule has 1 aromatic heterocycles. The van der Waals surface area contributed by atoms with Gasteiger partial charge in [-0.1, -0.05) is 18.2 Å². The highest BCUT2D eigenvalue weighted by molar-refractivity contribution is 5.67. The van der Waals surface area contributed by atoms with Gasteiger partial charge in [0.2, 0.25) is 0 Å². The fraction of sp³-hybridized carbons (Fsp3) is 0.150. The Labute approximate surface area is 142 Å². The van der Waals surface area contributed by atoms with Crippen LogP contribution in [0.1, 0.15) is 0 Å². The van der Waals surface area contributed by atoms with E-state index < -0.39 is 0 Å². The summed E-state index contributed by atoms with van der Waals surface area (Å²) < 4.78 is 5.27. The second-order valence-corrected chi connectivity index (χ2v) is 5.73. The molecule has 0 saturated heterocycles. The van der Waals surface area contributed by atoms with Gasteiger partial charge in [-0.3, -0.25) is 0 Å². The van der Waals surface area contributed by atoms with Crippen LogP contribution in [0.2, 0.25) is 0 Å². The molecule has 1 N–H and O–H groups in total. The highest BCUT2D eigenvalue weighted by Gasteiger charge is 2.02. The lowest BCUT2D eigenvalue weighted by molar-refractivity contribution is 0.415.